The van der Waals surface area contributed by atoms with Gasteiger partial charge in [0.1, 0.15) is 17.5 Å². The number of benzene rings is 1. The molecule has 5 nitrogen and oxygen atoms in total. The van der Waals surface area contributed by atoms with E-state index in [0.29, 0.717) is 16.5 Å². The van der Waals surface area contributed by atoms with Gasteiger partial charge in [0.25, 0.3) is 0 Å². The van der Waals surface area contributed by atoms with E-state index in [0.717, 1.165) is 16.5 Å². The summed E-state index contributed by atoms with van der Waals surface area (Å²) in [6.45, 7) is 0. The summed E-state index contributed by atoms with van der Waals surface area (Å²) >= 11 is 1.47. The lowest BCUT2D eigenvalue weighted by molar-refractivity contribution is 0.969. The Labute approximate surface area is 125 Å². The Morgan fingerprint density at radius 1 is 1.19 bits per heavy atom. The van der Waals surface area contributed by atoms with Crippen molar-refractivity contribution in [1.29, 1.82) is 5.26 Å². The lowest BCUT2D eigenvalue weighted by Crippen LogP contribution is -1.98. The smallest absolute Gasteiger partial charge is 0.189 e. The van der Waals surface area contributed by atoms with Crippen molar-refractivity contribution in [3.8, 4) is 6.07 Å². The van der Waals surface area contributed by atoms with E-state index in [-0.39, 0.29) is 5.82 Å². The number of nitrogens with two attached hydrogens (primary N) is 1. The summed E-state index contributed by atoms with van der Waals surface area (Å²) in [4.78, 5) is 12.7. The molecule has 21 heavy (non-hydrogen) atoms. The molecular weight excluding hydrogens is 282 g/mol. The first kappa shape index (κ1) is 13.3. The molecule has 0 radical (unpaired) electrons. The van der Waals surface area contributed by atoms with Crippen LogP contribution in [-0.4, -0.2) is 15.0 Å². The fourth-order valence-corrected chi connectivity index (χ4v) is 2.77. The highest BCUT2D eigenvalue weighted by atomic mass is 32.2. The van der Waals surface area contributed by atoms with E-state index in [1.807, 2.05) is 36.4 Å². The summed E-state index contributed by atoms with van der Waals surface area (Å²) in [6.07, 6.45) is 3.23. The zero-order valence-corrected chi connectivity index (χ0v) is 11.8. The molecule has 0 aliphatic carbocycles. The summed E-state index contributed by atoms with van der Waals surface area (Å²) in [5.41, 5.74) is 8.09. The monoisotopic (exact) mass is 293 g/mol. The molecule has 1 aromatic carbocycles. The van der Waals surface area contributed by atoms with Gasteiger partial charge in [-0.2, -0.15) is 5.26 Å². The van der Waals surface area contributed by atoms with Gasteiger partial charge < -0.3 is 5.73 Å². The Bertz CT molecular complexity index is 836. The number of nitrogen functional groups attached to an aromatic ring is 1. The second kappa shape index (κ2) is 5.77. The van der Waals surface area contributed by atoms with Crippen LogP contribution in [-0.2, 0) is 5.75 Å². The van der Waals surface area contributed by atoms with Gasteiger partial charge in [-0.1, -0.05) is 36.0 Å². The van der Waals surface area contributed by atoms with Gasteiger partial charge in [0.2, 0.25) is 0 Å². The number of thioether (sulfide) groups is 1. The zero-order chi connectivity index (χ0) is 14.7. The number of anilines is 1. The number of aromatic nitrogens is 3. The van der Waals surface area contributed by atoms with Crippen molar-refractivity contribution in [2.75, 3.05) is 5.73 Å². The van der Waals surface area contributed by atoms with Crippen LogP contribution < -0.4 is 5.73 Å². The molecule has 2 N–H and O–H groups in total. The molecule has 6 heteroatoms. The molecule has 0 aliphatic heterocycles. The number of hydrogen-bond donors (Lipinski definition) is 1. The standard InChI is InChI=1S/C15H11N5S/c16-7-12-8-19-15(20-14(12)17)21-9-11-4-1-3-10-5-2-6-18-13(10)11/h1-6,8H,9H2,(H2,17,19,20). The number of para-hydroxylation sites is 1. The van der Waals surface area contributed by atoms with Crippen LogP contribution in [0.5, 0.6) is 0 Å². The minimum absolute atomic E-state index is 0.214. The molecule has 2 aromatic heterocycles. The molecule has 0 saturated carbocycles. The molecule has 0 atom stereocenters. The van der Waals surface area contributed by atoms with Crippen molar-refractivity contribution in [1.82, 2.24) is 15.0 Å². The van der Waals surface area contributed by atoms with Crippen LogP contribution in [0.3, 0.4) is 0 Å². The minimum atomic E-state index is 0.214. The van der Waals surface area contributed by atoms with Gasteiger partial charge in [-0.3, -0.25) is 4.98 Å². The number of fused-ring (bicyclic) bond motifs is 1. The fourth-order valence-electron chi connectivity index (χ4n) is 1.96. The summed E-state index contributed by atoms with van der Waals surface area (Å²) in [5.74, 6) is 0.908. The number of pyridine rings is 1. The maximum Gasteiger partial charge on any atom is 0.189 e. The van der Waals surface area contributed by atoms with Gasteiger partial charge in [-0.25, -0.2) is 9.97 Å². The Balaban J connectivity index is 1.84. The Morgan fingerprint density at radius 3 is 2.86 bits per heavy atom. The molecule has 2 heterocycles. The van der Waals surface area contributed by atoms with E-state index in [1.165, 1.54) is 18.0 Å². The second-order valence-corrected chi connectivity index (χ2v) is 5.29. The van der Waals surface area contributed by atoms with Crippen molar-refractivity contribution >= 4 is 28.5 Å². The van der Waals surface area contributed by atoms with Gasteiger partial charge in [-0.15, -0.1) is 0 Å². The zero-order valence-electron chi connectivity index (χ0n) is 11.0. The van der Waals surface area contributed by atoms with Crippen LogP contribution in [0.15, 0.2) is 47.9 Å². The van der Waals surface area contributed by atoms with Crippen LogP contribution in [0.4, 0.5) is 5.82 Å². The number of nitrogens with zero attached hydrogens (tertiary/aromatic N) is 4. The number of rotatable bonds is 3. The van der Waals surface area contributed by atoms with Crippen LogP contribution in [0.25, 0.3) is 10.9 Å². The SMILES string of the molecule is N#Cc1cnc(SCc2cccc3cccnc23)nc1N. The maximum atomic E-state index is 8.81. The molecule has 3 aromatic rings. The van der Waals surface area contributed by atoms with Gasteiger partial charge in [0.15, 0.2) is 5.16 Å². The Hall–Kier alpha value is -2.65. The molecule has 0 bridgehead atoms. The summed E-state index contributed by atoms with van der Waals surface area (Å²) < 4.78 is 0. The second-order valence-electron chi connectivity index (χ2n) is 4.34. The minimum Gasteiger partial charge on any atom is -0.382 e. The van der Waals surface area contributed by atoms with Crippen molar-refractivity contribution < 1.29 is 0 Å². The first-order valence-electron chi connectivity index (χ1n) is 6.26. The lowest BCUT2D eigenvalue weighted by Gasteiger charge is -2.05. The highest BCUT2D eigenvalue weighted by molar-refractivity contribution is 7.98. The average Bonchev–Trinajstić information content (AvgIpc) is 2.53. The van der Waals surface area contributed by atoms with Crippen LogP contribution >= 0.6 is 11.8 Å². The highest BCUT2D eigenvalue weighted by Crippen LogP contribution is 2.24. The van der Waals surface area contributed by atoms with Gasteiger partial charge in [0, 0.05) is 17.3 Å². The van der Waals surface area contributed by atoms with Gasteiger partial charge in [0.05, 0.1) is 11.7 Å². The van der Waals surface area contributed by atoms with Crippen molar-refractivity contribution in [3.05, 3.63) is 53.9 Å². The van der Waals surface area contributed by atoms with Crippen LogP contribution in [0, 0.1) is 11.3 Å². The Kier molecular flexibility index (Phi) is 3.67. The number of hydrogen-bond acceptors (Lipinski definition) is 6. The molecule has 0 saturated heterocycles. The summed E-state index contributed by atoms with van der Waals surface area (Å²) in [6, 6.07) is 12.0. The van der Waals surface area contributed by atoms with Crippen LogP contribution in [0.1, 0.15) is 11.1 Å². The third-order valence-electron chi connectivity index (χ3n) is 2.99. The Morgan fingerprint density at radius 2 is 2.05 bits per heavy atom. The summed E-state index contributed by atoms with van der Waals surface area (Å²) in [7, 11) is 0. The topological polar surface area (TPSA) is 88.5 Å². The van der Waals surface area contributed by atoms with Gasteiger partial charge in [-0.05, 0) is 11.6 Å². The summed E-state index contributed by atoms with van der Waals surface area (Å²) in [5, 5.41) is 10.5. The molecule has 3 rings (SSSR count). The molecule has 0 spiro atoms. The maximum absolute atomic E-state index is 8.81. The molecular formula is C15H11N5S. The lowest BCUT2D eigenvalue weighted by atomic mass is 10.1. The van der Waals surface area contributed by atoms with Gasteiger partial charge >= 0.3 is 0 Å². The van der Waals surface area contributed by atoms with Crippen LogP contribution in [0.2, 0.25) is 0 Å². The first-order chi connectivity index (χ1) is 10.3. The van der Waals surface area contributed by atoms with Crippen molar-refractivity contribution in [2.45, 2.75) is 10.9 Å². The molecule has 0 unspecified atom stereocenters. The number of nitriles is 1. The third-order valence-corrected chi connectivity index (χ3v) is 3.90. The van der Waals surface area contributed by atoms with E-state index in [4.69, 9.17) is 11.0 Å². The molecule has 0 fully saturated rings. The molecule has 0 aliphatic rings. The largest absolute Gasteiger partial charge is 0.382 e. The normalized spacial score (nSPS) is 10.4. The third kappa shape index (κ3) is 2.78. The van der Waals surface area contributed by atoms with E-state index in [9.17, 15) is 0 Å². The quantitative estimate of drug-likeness (QED) is 0.590. The predicted octanol–water partition coefficient (Wildman–Crippen LogP) is 2.77. The molecule has 0 amide bonds. The van der Waals surface area contributed by atoms with E-state index < -0.39 is 0 Å². The average molecular weight is 293 g/mol. The first-order valence-corrected chi connectivity index (χ1v) is 7.24. The highest BCUT2D eigenvalue weighted by Gasteiger charge is 2.06. The van der Waals surface area contributed by atoms with E-state index in [1.54, 1.807) is 6.20 Å². The molecule has 102 valence electrons. The predicted molar refractivity (Wildman–Crippen MR) is 82.5 cm³/mol. The van der Waals surface area contributed by atoms with E-state index in [2.05, 4.69) is 15.0 Å². The fraction of sp³-hybridized carbons (Fsp3) is 0.0667. The van der Waals surface area contributed by atoms with E-state index >= 15 is 0 Å². The van der Waals surface area contributed by atoms with Crippen molar-refractivity contribution in [3.63, 3.8) is 0 Å². The van der Waals surface area contributed by atoms with Crippen molar-refractivity contribution in [2.24, 2.45) is 0 Å².